The van der Waals surface area contributed by atoms with E-state index in [-0.39, 0.29) is 11.6 Å². The predicted molar refractivity (Wildman–Crippen MR) is 166 cm³/mol. The first-order valence-corrected chi connectivity index (χ1v) is 14.8. The number of hydrogen-bond acceptors (Lipinski definition) is 4. The van der Waals surface area contributed by atoms with Gasteiger partial charge in [0.1, 0.15) is 5.82 Å². The summed E-state index contributed by atoms with van der Waals surface area (Å²) in [6.07, 6.45) is 7.91. The largest absolute Gasteiger partial charge is 0.303 e. The van der Waals surface area contributed by atoms with Gasteiger partial charge in [-0.2, -0.15) is 5.26 Å². The summed E-state index contributed by atoms with van der Waals surface area (Å²) >= 11 is 0. The second kappa shape index (κ2) is 12.2. The van der Waals surface area contributed by atoms with Gasteiger partial charge in [0.05, 0.1) is 22.8 Å². The average Bonchev–Trinajstić information content (AvgIpc) is 3.54. The lowest BCUT2D eigenvalue weighted by atomic mass is 9.85. The van der Waals surface area contributed by atoms with Gasteiger partial charge in [-0.15, -0.1) is 0 Å². The molecule has 1 aromatic heterocycles. The van der Waals surface area contributed by atoms with E-state index in [2.05, 4.69) is 23.6 Å². The summed E-state index contributed by atoms with van der Waals surface area (Å²) < 4.78 is 14.5. The Hall–Kier alpha value is -4.40. The number of ketones is 1. The fourth-order valence-corrected chi connectivity index (χ4v) is 6.28. The van der Waals surface area contributed by atoms with Crippen molar-refractivity contribution in [1.29, 1.82) is 5.26 Å². The Morgan fingerprint density at radius 2 is 1.76 bits per heavy atom. The van der Waals surface area contributed by atoms with Crippen molar-refractivity contribution in [3.63, 3.8) is 0 Å². The lowest BCUT2D eigenvalue weighted by molar-refractivity contribution is 0.102. The van der Waals surface area contributed by atoms with Crippen molar-refractivity contribution in [2.45, 2.75) is 38.5 Å². The summed E-state index contributed by atoms with van der Waals surface area (Å²) in [5.41, 5.74) is 6.50. The first kappa shape index (κ1) is 27.8. The van der Waals surface area contributed by atoms with Crippen molar-refractivity contribution >= 4 is 22.3 Å². The van der Waals surface area contributed by atoms with Gasteiger partial charge in [-0.3, -0.25) is 4.79 Å². The van der Waals surface area contributed by atoms with Crippen LogP contribution in [0.1, 0.15) is 59.3 Å². The molecule has 0 bridgehead atoms. The lowest BCUT2D eigenvalue weighted by Gasteiger charge is -2.25. The number of nitriles is 1. The third-order valence-corrected chi connectivity index (χ3v) is 8.57. The molecule has 4 aromatic rings. The summed E-state index contributed by atoms with van der Waals surface area (Å²) in [5.74, 6) is 0.137. The van der Waals surface area contributed by atoms with E-state index in [1.54, 1.807) is 24.3 Å². The van der Waals surface area contributed by atoms with Crippen LogP contribution in [0.4, 0.5) is 4.39 Å². The molecule has 0 spiro atoms. The van der Waals surface area contributed by atoms with Crippen molar-refractivity contribution < 1.29 is 9.18 Å². The molecule has 0 saturated carbocycles. The molecule has 1 aliphatic heterocycles. The first-order chi connectivity index (χ1) is 20.5. The summed E-state index contributed by atoms with van der Waals surface area (Å²) in [7, 11) is 0. The monoisotopic (exact) mass is 555 g/mol. The van der Waals surface area contributed by atoms with Crippen LogP contribution < -0.4 is 0 Å². The van der Waals surface area contributed by atoms with Crippen LogP contribution in [0.25, 0.3) is 27.6 Å². The third kappa shape index (κ3) is 5.95. The number of carbonyl (C=O) groups is 1. The van der Waals surface area contributed by atoms with Crippen LogP contribution in [0, 0.1) is 23.1 Å². The molecule has 6 rings (SSSR count). The Morgan fingerprint density at radius 3 is 2.52 bits per heavy atom. The molecule has 5 heteroatoms. The topological polar surface area (TPSA) is 57.0 Å². The van der Waals surface area contributed by atoms with Crippen LogP contribution in [0.5, 0.6) is 0 Å². The highest BCUT2D eigenvalue weighted by molar-refractivity contribution is 6.16. The highest BCUT2D eigenvalue weighted by atomic mass is 19.1. The number of allylic oxidation sites excluding steroid dienone is 2. The Bertz CT molecular complexity index is 1720. The van der Waals surface area contributed by atoms with Crippen molar-refractivity contribution in [3.8, 4) is 17.2 Å². The summed E-state index contributed by atoms with van der Waals surface area (Å²) in [6.45, 7) is 7.55. The minimum Gasteiger partial charge on any atom is -0.303 e. The van der Waals surface area contributed by atoms with Crippen LogP contribution >= 0.6 is 0 Å². The Morgan fingerprint density at radius 1 is 1.00 bits per heavy atom. The Labute approximate surface area is 246 Å². The fraction of sp³-hybridized carbons (Fsp3) is 0.270. The van der Waals surface area contributed by atoms with Gasteiger partial charge in [-0.1, -0.05) is 49.1 Å². The summed E-state index contributed by atoms with van der Waals surface area (Å²) in [5, 5.41) is 9.99. The summed E-state index contributed by atoms with van der Waals surface area (Å²) in [6, 6.07) is 24.1. The highest BCUT2D eigenvalue weighted by Gasteiger charge is 2.25. The predicted octanol–water partition coefficient (Wildman–Crippen LogP) is 8.17. The lowest BCUT2D eigenvalue weighted by Crippen LogP contribution is -2.27. The number of hydrogen-bond donors (Lipinski definition) is 0. The zero-order valence-electron chi connectivity index (χ0n) is 23.8. The molecule has 1 fully saturated rings. The average molecular weight is 556 g/mol. The van der Waals surface area contributed by atoms with Gasteiger partial charge in [0.25, 0.3) is 0 Å². The van der Waals surface area contributed by atoms with E-state index in [1.165, 1.54) is 18.9 Å². The number of rotatable bonds is 8. The SMILES string of the molecule is C=C(Cc1ccccc1F)c1cc(C(=O)C2=C[C@H](CN3CCCC3)CCC2)c2cc(-c3ccc(C#N)cc3)ccc2n1. The minimum absolute atomic E-state index is 0.0328. The number of carbonyl (C=O) groups excluding carboxylic acids is 1. The Kier molecular flexibility index (Phi) is 8.08. The van der Waals surface area contributed by atoms with Gasteiger partial charge in [-0.05, 0) is 115 Å². The zero-order valence-corrected chi connectivity index (χ0v) is 23.8. The second-order valence-corrected chi connectivity index (χ2v) is 11.5. The van der Waals surface area contributed by atoms with Crippen molar-refractivity contribution in [2.75, 3.05) is 19.6 Å². The first-order valence-electron chi connectivity index (χ1n) is 14.8. The molecule has 1 aliphatic carbocycles. The highest BCUT2D eigenvalue weighted by Crippen LogP contribution is 2.33. The van der Waals surface area contributed by atoms with Crippen LogP contribution in [-0.4, -0.2) is 35.3 Å². The number of pyridine rings is 1. The van der Waals surface area contributed by atoms with E-state index >= 15 is 0 Å². The van der Waals surface area contributed by atoms with E-state index in [9.17, 15) is 14.4 Å². The molecule has 210 valence electrons. The molecule has 0 unspecified atom stereocenters. The standard InChI is InChI=1S/C37H34FN3O/c1-25(19-30-8-2-3-10-34(30)38)36-22-33(37(42)31-9-6-7-27(20-31)24-41-17-4-5-18-41)32-21-29(15-16-35(32)40-36)28-13-11-26(23-39)12-14-28/h2-3,8,10-16,20-22,27H,1,4-7,9,17-19,24H2/t27-/m1/s1. The molecule has 0 N–H and O–H groups in total. The molecule has 2 aliphatic rings. The normalized spacial score (nSPS) is 17.1. The van der Waals surface area contributed by atoms with Crippen LogP contribution in [0.15, 0.2) is 91.0 Å². The van der Waals surface area contributed by atoms with Gasteiger partial charge in [-0.25, -0.2) is 9.37 Å². The number of benzene rings is 3. The molecule has 1 saturated heterocycles. The molecule has 0 amide bonds. The van der Waals surface area contributed by atoms with E-state index < -0.39 is 0 Å². The van der Waals surface area contributed by atoms with Crippen LogP contribution in [-0.2, 0) is 6.42 Å². The maximum absolute atomic E-state index is 14.5. The molecule has 42 heavy (non-hydrogen) atoms. The summed E-state index contributed by atoms with van der Waals surface area (Å²) in [4.78, 5) is 21.7. The maximum Gasteiger partial charge on any atom is 0.189 e. The number of Topliss-reactive ketones (excluding diaryl/α,β-unsaturated/α-hetero) is 1. The van der Waals surface area contributed by atoms with Crippen LogP contribution in [0.3, 0.4) is 0 Å². The Balaban J connectivity index is 1.40. The zero-order chi connectivity index (χ0) is 29.1. The van der Waals surface area contributed by atoms with Gasteiger partial charge in [0.15, 0.2) is 5.78 Å². The number of halogens is 1. The quantitative estimate of drug-likeness (QED) is 0.206. The van der Waals surface area contributed by atoms with Crippen molar-refractivity contribution in [2.24, 2.45) is 5.92 Å². The smallest absolute Gasteiger partial charge is 0.189 e. The van der Waals surface area contributed by atoms with E-state index in [0.29, 0.717) is 45.8 Å². The van der Waals surface area contributed by atoms with Crippen LogP contribution in [0.2, 0.25) is 0 Å². The van der Waals surface area contributed by atoms with Gasteiger partial charge >= 0.3 is 0 Å². The van der Waals surface area contributed by atoms with E-state index in [1.807, 2.05) is 42.5 Å². The maximum atomic E-state index is 14.5. The fourth-order valence-electron chi connectivity index (χ4n) is 6.28. The molecular formula is C37H34FN3O. The van der Waals surface area contributed by atoms with Gasteiger partial charge in [0.2, 0.25) is 0 Å². The number of nitrogens with zero attached hydrogens (tertiary/aromatic N) is 3. The molecular weight excluding hydrogens is 521 g/mol. The van der Waals surface area contributed by atoms with Crippen molar-refractivity contribution in [1.82, 2.24) is 9.88 Å². The number of fused-ring (bicyclic) bond motifs is 1. The minimum atomic E-state index is -0.279. The molecule has 1 atom stereocenters. The molecule has 2 heterocycles. The van der Waals surface area contributed by atoms with Crippen molar-refractivity contribution in [3.05, 3.63) is 119 Å². The third-order valence-electron chi connectivity index (χ3n) is 8.57. The number of aromatic nitrogens is 1. The molecule has 0 radical (unpaired) electrons. The second-order valence-electron chi connectivity index (χ2n) is 11.5. The van der Waals surface area contributed by atoms with Gasteiger partial charge in [0, 0.05) is 23.9 Å². The number of likely N-dealkylation sites (tertiary alicyclic amines) is 1. The van der Waals surface area contributed by atoms with Gasteiger partial charge < -0.3 is 4.90 Å². The molecule has 4 nitrogen and oxygen atoms in total. The van der Waals surface area contributed by atoms with E-state index in [4.69, 9.17) is 4.98 Å². The van der Waals surface area contributed by atoms with E-state index in [0.717, 1.165) is 61.0 Å². The molecule has 3 aromatic carbocycles.